The van der Waals surface area contributed by atoms with Crippen molar-refractivity contribution < 1.29 is 0 Å². The molecule has 3 rings (SSSR count). The first-order valence-electron chi connectivity index (χ1n) is 6.81. The van der Waals surface area contributed by atoms with Gasteiger partial charge >= 0.3 is 0 Å². The molecule has 2 atom stereocenters. The van der Waals surface area contributed by atoms with E-state index in [0.717, 1.165) is 22.3 Å². The molecule has 2 aromatic rings. The van der Waals surface area contributed by atoms with Gasteiger partial charge in [-0.05, 0) is 54.0 Å². The van der Waals surface area contributed by atoms with Crippen molar-refractivity contribution in [3.63, 3.8) is 0 Å². The van der Waals surface area contributed by atoms with Crippen molar-refractivity contribution in [2.24, 2.45) is 5.92 Å². The predicted octanol–water partition coefficient (Wildman–Crippen LogP) is 6.34. The molecule has 0 aliphatic heterocycles. The van der Waals surface area contributed by atoms with Gasteiger partial charge in [0.2, 0.25) is 0 Å². The normalized spacial score (nSPS) is 21.6. The van der Waals surface area contributed by atoms with E-state index in [4.69, 9.17) is 11.6 Å². The largest absolute Gasteiger partial charge is 0.0840 e. The highest BCUT2D eigenvalue weighted by atomic mass is 79.9. The van der Waals surface area contributed by atoms with Gasteiger partial charge in [-0.25, -0.2) is 0 Å². The smallest absolute Gasteiger partial charge is 0.0449 e. The van der Waals surface area contributed by atoms with Crippen molar-refractivity contribution in [1.29, 1.82) is 0 Å². The van der Waals surface area contributed by atoms with Gasteiger partial charge in [0.15, 0.2) is 0 Å². The molecule has 0 saturated heterocycles. The lowest BCUT2D eigenvalue weighted by Crippen LogP contribution is -2.19. The van der Waals surface area contributed by atoms with Crippen LogP contribution in [0, 0.1) is 5.92 Å². The molecule has 0 aromatic heterocycles. The zero-order valence-electron chi connectivity index (χ0n) is 11.0. The van der Waals surface area contributed by atoms with Crippen LogP contribution in [0.15, 0.2) is 46.9 Å². The van der Waals surface area contributed by atoms with Crippen molar-refractivity contribution in [2.75, 3.05) is 0 Å². The standard InChI is InChI=1S/C17H15Br2Cl/c18-14-8-7-12(16(20)10-14)9-13-6-5-11-3-1-2-4-15(11)17(13)19/h1-4,7-8,10,13,17H,5-6,9H2. The second-order valence-corrected chi connectivity index (χ2v) is 7.65. The highest BCUT2D eigenvalue weighted by Gasteiger charge is 2.27. The molecule has 3 heteroatoms. The van der Waals surface area contributed by atoms with E-state index in [1.54, 1.807) is 0 Å². The van der Waals surface area contributed by atoms with Gasteiger partial charge in [0.25, 0.3) is 0 Å². The zero-order chi connectivity index (χ0) is 14.1. The van der Waals surface area contributed by atoms with Crippen LogP contribution in [0.25, 0.3) is 0 Å². The van der Waals surface area contributed by atoms with Crippen LogP contribution in [-0.4, -0.2) is 0 Å². The average molecular weight is 415 g/mol. The van der Waals surface area contributed by atoms with Crippen LogP contribution in [-0.2, 0) is 12.8 Å². The summed E-state index contributed by atoms with van der Waals surface area (Å²) >= 11 is 13.7. The van der Waals surface area contributed by atoms with Crippen LogP contribution < -0.4 is 0 Å². The van der Waals surface area contributed by atoms with Crippen molar-refractivity contribution >= 4 is 43.5 Å². The van der Waals surface area contributed by atoms with Gasteiger partial charge in [-0.1, -0.05) is 73.8 Å². The molecule has 20 heavy (non-hydrogen) atoms. The van der Waals surface area contributed by atoms with E-state index >= 15 is 0 Å². The molecule has 0 N–H and O–H groups in total. The van der Waals surface area contributed by atoms with Crippen molar-refractivity contribution in [2.45, 2.75) is 24.1 Å². The van der Waals surface area contributed by atoms with E-state index in [1.807, 2.05) is 6.07 Å². The first-order chi connectivity index (χ1) is 9.65. The Morgan fingerprint density at radius 3 is 2.75 bits per heavy atom. The summed E-state index contributed by atoms with van der Waals surface area (Å²) in [4.78, 5) is 0.423. The van der Waals surface area contributed by atoms with Crippen molar-refractivity contribution in [1.82, 2.24) is 0 Å². The monoisotopic (exact) mass is 412 g/mol. The van der Waals surface area contributed by atoms with Gasteiger partial charge in [0.05, 0.1) is 0 Å². The van der Waals surface area contributed by atoms with E-state index in [-0.39, 0.29) is 0 Å². The molecule has 0 bridgehead atoms. The van der Waals surface area contributed by atoms with E-state index in [1.165, 1.54) is 23.1 Å². The first kappa shape index (κ1) is 14.6. The quantitative estimate of drug-likeness (QED) is 0.503. The van der Waals surface area contributed by atoms with Crippen LogP contribution >= 0.6 is 43.5 Å². The molecule has 104 valence electrons. The third-order valence-electron chi connectivity index (χ3n) is 4.05. The topological polar surface area (TPSA) is 0 Å². The van der Waals surface area contributed by atoms with Crippen LogP contribution in [0.1, 0.15) is 27.9 Å². The number of hydrogen-bond donors (Lipinski definition) is 0. The minimum Gasteiger partial charge on any atom is -0.0840 e. The van der Waals surface area contributed by atoms with Gasteiger partial charge in [0, 0.05) is 14.3 Å². The Morgan fingerprint density at radius 1 is 1.15 bits per heavy atom. The summed E-state index contributed by atoms with van der Waals surface area (Å²) in [5.74, 6) is 0.601. The molecule has 0 saturated carbocycles. The zero-order valence-corrected chi connectivity index (χ0v) is 14.9. The van der Waals surface area contributed by atoms with Gasteiger partial charge in [-0.3, -0.25) is 0 Å². The Balaban J connectivity index is 1.83. The van der Waals surface area contributed by atoms with Gasteiger partial charge in [-0.15, -0.1) is 0 Å². The molecule has 0 radical (unpaired) electrons. The Bertz CT molecular complexity index is 624. The minimum atomic E-state index is 0.423. The number of fused-ring (bicyclic) bond motifs is 1. The number of benzene rings is 2. The third kappa shape index (κ3) is 2.98. The lowest BCUT2D eigenvalue weighted by molar-refractivity contribution is 0.452. The summed E-state index contributed by atoms with van der Waals surface area (Å²) < 4.78 is 1.04. The van der Waals surface area contributed by atoms with Gasteiger partial charge in [-0.2, -0.15) is 0 Å². The van der Waals surface area contributed by atoms with Gasteiger partial charge < -0.3 is 0 Å². The average Bonchev–Trinajstić information content (AvgIpc) is 2.45. The maximum absolute atomic E-state index is 6.35. The SMILES string of the molecule is Clc1cc(Br)ccc1CC1CCc2ccccc2C1Br. The van der Waals surface area contributed by atoms with Crippen LogP contribution in [0.5, 0.6) is 0 Å². The summed E-state index contributed by atoms with van der Waals surface area (Å²) in [6, 6.07) is 14.9. The van der Waals surface area contributed by atoms with Crippen molar-refractivity contribution in [3.8, 4) is 0 Å². The molecular formula is C17H15Br2Cl. The fourth-order valence-corrected chi connectivity index (χ4v) is 4.60. The summed E-state index contributed by atoms with van der Waals surface area (Å²) in [5, 5.41) is 0.859. The predicted molar refractivity (Wildman–Crippen MR) is 92.8 cm³/mol. The molecular weight excluding hydrogens is 399 g/mol. The maximum Gasteiger partial charge on any atom is 0.0449 e. The van der Waals surface area contributed by atoms with Crippen molar-refractivity contribution in [3.05, 3.63) is 68.7 Å². The molecule has 0 nitrogen and oxygen atoms in total. The van der Waals surface area contributed by atoms with Crippen LogP contribution in [0.4, 0.5) is 0 Å². The first-order valence-corrected chi connectivity index (χ1v) is 8.89. The summed E-state index contributed by atoms with van der Waals surface area (Å²) in [6.07, 6.45) is 3.40. The highest BCUT2D eigenvalue weighted by Crippen LogP contribution is 2.42. The summed E-state index contributed by atoms with van der Waals surface area (Å²) in [5.41, 5.74) is 4.16. The van der Waals surface area contributed by atoms with Gasteiger partial charge in [0.1, 0.15) is 0 Å². The Hall–Kier alpha value is -0.310. The lowest BCUT2D eigenvalue weighted by atomic mass is 9.81. The number of alkyl halides is 1. The molecule has 0 heterocycles. The van der Waals surface area contributed by atoms with Crippen LogP contribution in [0.2, 0.25) is 5.02 Å². The Morgan fingerprint density at radius 2 is 1.95 bits per heavy atom. The second-order valence-electron chi connectivity index (χ2n) is 5.34. The molecule has 2 unspecified atom stereocenters. The minimum absolute atomic E-state index is 0.423. The maximum atomic E-state index is 6.35. The van der Waals surface area contributed by atoms with E-state index in [0.29, 0.717) is 10.7 Å². The van der Waals surface area contributed by atoms with E-state index < -0.39 is 0 Å². The van der Waals surface area contributed by atoms with Crippen LogP contribution in [0.3, 0.4) is 0 Å². The molecule has 1 aliphatic rings. The number of hydrogen-bond acceptors (Lipinski definition) is 0. The summed E-state index contributed by atoms with van der Waals surface area (Å²) in [7, 11) is 0. The van der Waals surface area contributed by atoms with E-state index in [2.05, 4.69) is 68.3 Å². The van der Waals surface area contributed by atoms with E-state index in [9.17, 15) is 0 Å². The molecule has 1 aliphatic carbocycles. The second kappa shape index (κ2) is 6.21. The Kier molecular flexibility index (Phi) is 4.54. The highest BCUT2D eigenvalue weighted by molar-refractivity contribution is 9.10. The third-order valence-corrected chi connectivity index (χ3v) is 6.13. The number of rotatable bonds is 2. The Labute approximate surface area is 141 Å². The fourth-order valence-electron chi connectivity index (χ4n) is 2.95. The number of halogens is 3. The lowest BCUT2D eigenvalue weighted by Gasteiger charge is -2.30. The fraction of sp³-hybridized carbons (Fsp3) is 0.294. The molecule has 0 amide bonds. The summed E-state index contributed by atoms with van der Waals surface area (Å²) in [6.45, 7) is 0. The molecule has 2 aromatic carbocycles. The molecule has 0 fully saturated rings. The number of aryl methyl sites for hydroxylation is 1. The molecule has 0 spiro atoms.